The van der Waals surface area contributed by atoms with Crippen LogP contribution in [0.5, 0.6) is 0 Å². The van der Waals surface area contributed by atoms with Crippen LogP contribution in [0.1, 0.15) is 45.2 Å². The molecule has 114 valence electrons. The fourth-order valence-electron chi connectivity index (χ4n) is 1.97. The van der Waals surface area contributed by atoms with Crippen molar-refractivity contribution in [3.63, 3.8) is 0 Å². The van der Waals surface area contributed by atoms with Gasteiger partial charge in [0.25, 0.3) is 0 Å². The summed E-state index contributed by atoms with van der Waals surface area (Å²) in [6.07, 6.45) is 1.82. The summed E-state index contributed by atoms with van der Waals surface area (Å²) in [5, 5.41) is 4.48. The Balaban J connectivity index is 2.37. The summed E-state index contributed by atoms with van der Waals surface area (Å²) < 4.78 is 0.987. The lowest BCUT2D eigenvalue weighted by molar-refractivity contribution is 0.546. The number of halogens is 1. The number of hydrogen-bond acceptors (Lipinski definition) is 4. The minimum Gasteiger partial charge on any atom is -0.310 e. The minimum absolute atomic E-state index is 0.0398. The van der Waals surface area contributed by atoms with Crippen molar-refractivity contribution in [3.8, 4) is 10.7 Å². The highest BCUT2D eigenvalue weighted by Crippen LogP contribution is 2.34. The topological polar surface area (TPSA) is 37.8 Å². The molecule has 5 heteroatoms. The Kier molecular flexibility index (Phi) is 5.17. The number of pyridine rings is 1. The van der Waals surface area contributed by atoms with Crippen LogP contribution in [0.2, 0.25) is 0 Å². The lowest BCUT2D eigenvalue weighted by Gasteiger charge is -2.18. The molecule has 1 N–H and O–H groups in total. The number of aromatic nitrogens is 2. The Morgan fingerprint density at radius 1 is 1.29 bits per heavy atom. The lowest BCUT2D eigenvalue weighted by atomic mass is 9.91. The van der Waals surface area contributed by atoms with Crippen molar-refractivity contribution in [3.05, 3.63) is 33.4 Å². The first-order chi connectivity index (χ1) is 9.77. The van der Waals surface area contributed by atoms with Gasteiger partial charge in [-0.15, -0.1) is 11.3 Å². The highest BCUT2D eigenvalue weighted by atomic mass is 79.9. The van der Waals surface area contributed by atoms with Crippen LogP contribution in [0.15, 0.2) is 22.8 Å². The maximum Gasteiger partial charge on any atom is 0.142 e. The average molecular weight is 368 g/mol. The van der Waals surface area contributed by atoms with E-state index in [0.717, 1.165) is 21.7 Å². The molecule has 0 aliphatic rings. The van der Waals surface area contributed by atoms with Gasteiger partial charge in [-0.25, -0.2) is 4.98 Å². The number of nitrogens with one attached hydrogen (secondary N) is 1. The fraction of sp³-hybridized carbons (Fsp3) is 0.500. The van der Waals surface area contributed by atoms with Gasteiger partial charge in [-0.3, -0.25) is 4.98 Å². The van der Waals surface area contributed by atoms with Gasteiger partial charge in [0.2, 0.25) is 0 Å². The highest BCUT2D eigenvalue weighted by molar-refractivity contribution is 9.10. The smallest absolute Gasteiger partial charge is 0.142 e. The molecule has 3 nitrogen and oxygen atoms in total. The first kappa shape index (κ1) is 16.6. The van der Waals surface area contributed by atoms with Crippen molar-refractivity contribution in [2.75, 3.05) is 0 Å². The second-order valence-corrected chi connectivity index (χ2v) is 8.44. The molecule has 21 heavy (non-hydrogen) atoms. The van der Waals surface area contributed by atoms with Gasteiger partial charge >= 0.3 is 0 Å². The zero-order valence-electron chi connectivity index (χ0n) is 13.2. The monoisotopic (exact) mass is 367 g/mol. The molecule has 0 unspecified atom stereocenters. The summed E-state index contributed by atoms with van der Waals surface area (Å²) in [5.74, 6) is 0. The van der Waals surface area contributed by atoms with Gasteiger partial charge in [0.05, 0.1) is 11.4 Å². The van der Waals surface area contributed by atoms with Crippen molar-refractivity contribution >= 4 is 27.3 Å². The van der Waals surface area contributed by atoms with E-state index in [1.165, 1.54) is 10.6 Å². The van der Waals surface area contributed by atoms with Crippen LogP contribution >= 0.6 is 27.3 Å². The molecular formula is C16H22BrN3S. The van der Waals surface area contributed by atoms with Crippen LogP contribution in [0, 0.1) is 0 Å². The van der Waals surface area contributed by atoms with Crippen molar-refractivity contribution in [1.82, 2.24) is 15.3 Å². The molecule has 2 heterocycles. The molecule has 0 bridgehead atoms. The van der Waals surface area contributed by atoms with Gasteiger partial charge in [-0.2, -0.15) is 0 Å². The van der Waals surface area contributed by atoms with E-state index in [-0.39, 0.29) is 5.41 Å². The Bertz CT molecular complexity index is 597. The van der Waals surface area contributed by atoms with E-state index in [0.29, 0.717) is 6.04 Å². The first-order valence-electron chi connectivity index (χ1n) is 7.13. The van der Waals surface area contributed by atoms with E-state index in [1.54, 1.807) is 11.3 Å². The molecule has 2 rings (SSSR count). The van der Waals surface area contributed by atoms with E-state index in [1.807, 2.05) is 18.3 Å². The molecule has 0 radical (unpaired) electrons. The Morgan fingerprint density at radius 3 is 2.52 bits per heavy atom. The summed E-state index contributed by atoms with van der Waals surface area (Å²) in [6, 6.07) is 4.48. The van der Waals surface area contributed by atoms with Crippen LogP contribution < -0.4 is 5.32 Å². The van der Waals surface area contributed by atoms with Crippen LogP contribution in [0.3, 0.4) is 0 Å². The van der Waals surface area contributed by atoms with Crippen LogP contribution in [-0.4, -0.2) is 16.0 Å². The quantitative estimate of drug-likeness (QED) is 0.845. The Morgan fingerprint density at radius 2 is 2.00 bits per heavy atom. The lowest BCUT2D eigenvalue weighted by Crippen LogP contribution is -2.23. The standard InChI is InChI=1S/C16H22BrN3S/c1-10(2)18-9-13-14(16(3,4)5)20-15(21-13)12-7-6-11(17)8-19-12/h6-8,10,18H,9H2,1-5H3. The molecule has 2 aromatic heterocycles. The first-order valence-corrected chi connectivity index (χ1v) is 8.74. The molecule has 0 fully saturated rings. The molecule has 0 saturated carbocycles. The van der Waals surface area contributed by atoms with Crippen LogP contribution in [0.4, 0.5) is 0 Å². The molecular weight excluding hydrogens is 346 g/mol. The van der Waals surface area contributed by atoms with Gasteiger partial charge in [0.1, 0.15) is 5.01 Å². The summed E-state index contributed by atoms with van der Waals surface area (Å²) in [5.41, 5.74) is 2.14. The minimum atomic E-state index is 0.0398. The van der Waals surface area contributed by atoms with Crippen LogP contribution in [0.25, 0.3) is 10.7 Å². The van der Waals surface area contributed by atoms with E-state index in [2.05, 4.69) is 60.8 Å². The second-order valence-electron chi connectivity index (χ2n) is 6.44. The number of rotatable bonds is 4. The number of hydrogen-bond donors (Lipinski definition) is 1. The van der Waals surface area contributed by atoms with E-state index < -0.39 is 0 Å². The Labute approximate surface area is 139 Å². The molecule has 0 atom stereocenters. The predicted molar refractivity (Wildman–Crippen MR) is 93.7 cm³/mol. The summed E-state index contributed by atoms with van der Waals surface area (Å²) in [7, 11) is 0. The van der Waals surface area contributed by atoms with Crippen molar-refractivity contribution in [2.24, 2.45) is 0 Å². The van der Waals surface area contributed by atoms with E-state index >= 15 is 0 Å². The fourth-order valence-corrected chi connectivity index (χ4v) is 3.40. The van der Waals surface area contributed by atoms with Gasteiger partial charge < -0.3 is 5.32 Å². The largest absolute Gasteiger partial charge is 0.310 e. The van der Waals surface area contributed by atoms with Gasteiger partial charge in [-0.05, 0) is 28.1 Å². The molecule has 0 amide bonds. The average Bonchev–Trinajstić information content (AvgIpc) is 2.81. The molecule has 2 aromatic rings. The third-order valence-electron chi connectivity index (χ3n) is 3.03. The molecule has 0 aromatic carbocycles. The zero-order chi connectivity index (χ0) is 15.6. The normalized spacial score (nSPS) is 12.1. The van der Waals surface area contributed by atoms with Crippen molar-refractivity contribution in [1.29, 1.82) is 0 Å². The summed E-state index contributed by atoms with van der Waals surface area (Å²) >= 11 is 5.16. The van der Waals surface area contributed by atoms with E-state index in [9.17, 15) is 0 Å². The second kappa shape index (κ2) is 6.55. The molecule has 0 spiro atoms. The summed E-state index contributed by atoms with van der Waals surface area (Å²) in [4.78, 5) is 10.6. The molecule has 0 saturated heterocycles. The van der Waals surface area contributed by atoms with Crippen molar-refractivity contribution in [2.45, 2.75) is 52.6 Å². The molecule has 0 aliphatic heterocycles. The highest BCUT2D eigenvalue weighted by Gasteiger charge is 2.23. The molecule has 0 aliphatic carbocycles. The van der Waals surface area contributed by atoms with Crippen molar-refractivity contribution < 1.29 is 0 Å². The maximum absolute atomic E-state index is 4.86. The Hall–Kier alpha value is -0.780. The summed E-state index contributed by atoms with van der Waals surface area (Å²) in [6.45, 7) is 11.8. The van der Waals surface area contributed by atoms with Gasteiger partial charge in [-0.1, -0.05) is 34.6 Å². The number of thiazole rings is 1. The third kappa shape index (κ3) is 4.34. The van der Waals surface area contributed by atoms with Crippen LogP contribution in [-0.2, 0) is 12.0 Å². The number of nitrogens with zero attached hydrogens (tertiary/aromatic N) is 2. The SMILES string of the molecule is CC(C)NCc1sc(-c2ccc(Br)cn2)nc1C(C)(C)C. The van der Waals surface area contributed by atoms with Gasteiger partial charge in [0.15, 0.2) is 0 Å². The maximum atomic E-state index is 4.86. The zero-order valence-corrected chi connectivity index (χ0v) is 15.6. The van der Waals surface area contributed by atoms with Gasteiger partial charge in [0, 0.05) is 33.5 Å². The van der Waals surface area contributed by atoms with E-state index in [4.69, 9.17) is 4.98 Å². The predicted octanol–water partition coefficient (Wildman–Crippen LogP) is 4.76. The third-order valence-corrected chi connectivity index (χ3v) is 4.57.